The minimum atomic E-state index is -0.510. The molecule has 0 bridgehead atoms. The summed E-state index contributed by atoms with van der Waals surface area (Å²) in [4.78, 5) is 2.53. The average molecular weight is 788 g/mol. The van der Waals surface area contributed by atoms with E-state index in [-0.39, 0.29) is 5.41 Å². The Bertz CT molecular complexity index is 3550. The zero-order valence-electron chi connectivity index (χ0n) is 34.7. The molecule has 0 fully saturated rings. The van der Waals surface area contributed by atoms with Gasteiger partial charge >= 0.3 is 0 Å². The molecule has 0 saturated heterocycles. The fraction of sp³-hybridized carbons (Fsp3) is 0.0820. The molecule has 10 aromatic carbocycles. The fourth-order valence-electron chi connectivity index (χ4n) is 13.0. The molecule has 4 aliphatic rings. The Hall–Kier alpha value is -7.48. The Kier molecular flexibility index (Phi) is 6.56. The molecule has 290 valence electrons. The molecular formula is C61H41N. The van der Waals surface area contributed by atoms with Gasteiger partial charge < -0.3 is 4.90 Å². The molecule has 0 N–H and O–H groups in total. The van der Waals surface area contributed by atoms with Crippen LogP contribution in [0.4, 0.5) is 17.1 Å². The molecule has 62 heavy (non-hydrogen) atoms. The van der Waals surface area contributed by atoms with Gasteiger partial charge in [-0.2, -0.15) is 0 Å². The highest BCUT2D eigenvalue weighted by molar-refractivity contribution is 6.10. The van der Waals surface area contributed by atoms with Crippen molar-refractivity contribution in [3.63, 3.8) is 0 Å². The summed E-state index contributed by atoms with van der Waals surface area (Å²) in [5.74, 6) is 0. The van der Waals surface area contributed by atoms with Gasteiger partial charge in [-0.15, -0.1) is 0 Å². The van der Waals surface area contributed by atoms with Gasteiger partial charge in [0.25, 0.3) is 0 Å². The second kappa shape index (κ2) is 11.9. The van der Waals surface area contributed by atoms with Gasteiger partial charge in [-0.25, -0.2) is 0 Å². The SMILES string of the molecule is CC1(C)c2ccccc2-c2ccc(N(c3ccc(-c4ccccc4)cc3)c3cc4c5c(cccc5c3)C35c6ccccc6-c6ccccc6C43c3cccc4cccc5c34)cc21. The van der Waals surface area contributed by atoms with Crippen molar-refractivity contribution in [3.05, 3.63) is 257 Å². The van der Waals surface area contributed by atoms with Crippen molar-refractivity contribution in [2.45, 2.75) is 30.1 Å². The Labute approximate surface area is 362 Å². The monoisotopic (exact) mass is 787 g/mol. The summed E-state index contributed by atoms with van der Waals surface area (Å²) in [6, 6.07) is 80.9. The number of fused-ring (bicyclic) bond motifs is 6. The standard InChI is InChI=1S/C61H41N/c1-59(2)49-23-9-6-20-45(49)48-34-33-43(36-55(48)59)62(42-31-29-39(30-32-42)38-15-4-3-5-16-38)44-35-41-19-14-28-54-58(41)56(37-44)61-51-25-11-8-22-47(51)46-21-7-10-24-50(46)60(54,61)52-26-12-17-40-18-13-27-53(61)57(40)52/h3-37H,1-2H3. The van der Waals surface area contributed by atoms with Crippen LogP contribution in [0.1, 0.15) is 58.4 Å². The molecule has 10 aromatic rings. The van der Waals surface area contributed by atoms with Crippen molar-refractivity contribution in [2.24, 2.45) is 0 Å². The lowest BCUT2D eigenvalue weighted by atomic mass is 9.50. The summed E-state index contributed by atoms with van der Waals surface area (Å²) in [6.07, 6.45) is 0. The fourth-order valence-corrected chi connectivity index (χ4v) is 13.0. The molecular weight excluding hydrogens is 747 g/mol. The molecule has 14 rings (SSSR count). The second-order valence-electron chi connectivity index (χ2n) is 18.3. The zero-order chi connectivity index (χ0) is 41.0. The smallest absolute Gasteiger partial charge is 0.0648 e. The van der Waals surface area contributed by atoms with Gasteiger partial charge in [0.1, 0.15) is 0 Å². The molecule has 0 saturated carbocycles. The van der Waals surface area contributed by atoms with Crippen molar-refractivity contribution in [2.75, 3.05) is 4.90 Å². The molecule has 1 heteroatoms. The van der Waals surface area contributed by atoms with Crippen LogP contribution in [-0.4, -0.2) is 0 Å². The molecule has 0 amide bonds. The van der Waals surface area contributed by atoms with Crippen molar-refractivity contribution in [3.8, 4) is 33.4 Å². The third-order valence-corrected chi connectivity index (χ3v) is 15.3. The van der Waals surface area contributed by atoms with Crippen LogP contribution in [-0.2, 0) is 16.2 Å². The van der Waals surface area contributed by atoms with Crippen molar-refractivity contribution in [1.82, 2.24) is 0 Å². The normalized spacial score (nSPS) is 18.7. The first-order valence-corrected chi connectivity index (χ1v) is 22.0. The Morgan fingerprint density at radius 3 is 1.39 bits per heavy atom. The van der Waals surface area contributed by atoms with Crippen LogP contribution >= 0.6 is 0 Å². The molecule has 0 heterocycles. The van der Waals surface area contributed by atoms with E-state index in [2.05, 4.69) is 231 Å². The van der Waals surface area contributed by atoms with E-state index in [1.807, 2.05) is 0 Å². The first-order valence-electron chi connectivity index (χ1n) is 22.0. The lowest BCUT2D eigenvalue weighted by molar-refractivity contribution is 0.461. The van der Waals surface area contributed by atoms with Gasteiger partial charge in [0.05, 0.1) is 10.8 Å². The number of hydrogen-bond acceptors (Lipinski definition) is 1. The zero-order valence-corrected chi connectivity index (χ0v) is 34.7. The van der Waals surface area contributed by atoms with Crippen molar-refractivity contribution < 1.29 is 0 Å². The number of rotatable bonds is 4. The predicted molar refractivity (Wildman–Crippen MR) is 257 cm³/mol. The average Bonchev–Trinajstić information content (AvgIpc) is 3.86. The molecule has 0 radical (unpaired) electrons. The largest absolute Gasteiger partial charge is 0.310 e. The lowest BCUT2D eigenvalue weighted by Crippen LogP contribution is -2.48. The second-order valence-corrected chi connectivity index (χ2v) is 18.3. The first-order chi connectivity index (χ1) is 30.5. The lowest BCUT2D eigenvalue weighted by Gasteiger charge is -2.50. The summed E-state index contributed by atoms with van der Waals surface area (Å²) >= 11 is 0. The first kappa shape index (κ1) is 34.3. The molecule has 4 aliphatic carbocycles. The molecule has 2 unspecified atom stereocenters. The van der Waals surface area contributed by atoms with E-state index < -0.39 is 10.8 Å². The van der Waals surface area contributed by atoms with Crippen LogP contribution in [0.25, 0.3) is 54.9 Å². The third-order valence-electron chi connectivity index (χ3n) is 15.3. The van der Waals surface area contributed by atoms with Crippen LogP contribution < -0.4 is 4.90 Å². The van der Waals surface area contributed by atoms with Crippen LogP contribution in [0.15, 0.2) is 212 Å². The predicted octanol–water partition coefficient (Wildman–Crippen LogP) is 15.4. The number of hydrogen-bond donors (Lipinski definition) is 0. The molecule has 2 atom stereocenters. The maximum Gasteiger partial charge on any atom is 0.0648 e. The summed E-state index contributed by atoms with van der Waals surface area (Å²) in [5, 5.41) is 5.34. The van der Waals surface area contributed by atoms with Crippen LogP contribution in [0, 0.1) is 0 Å². The maximum absolute atomic E-state index is 2.58. The topological polar surface area (TPSA) is 3.24 Å². The highest BCUT2D eigenvalue weighted by Gasteiger charge is 2.69. The van der Waals surface area contributed by atoms with E-state index in [4.69, 9.17) is 0 Å². The van der Waals surface area contributed by atoms with Crippen LogP contribution in [0.3, 0.4) is 0 Å². The van der Waals surface area contributed by atoms with Gasteiger partial charge in [-0.3, -0.25) is 0 Å². The minimum Gasteiger partial charge on any atom is -0.310 e. The van der Waals surface area contributed by atoms with Crippen LogP contribution in [0.2, 0.25) is 0 Å². The van der Waals surface area contributed by atoms with Crippen LogP contribution in [0.5, 0.6) is 0 Å². The minimum absolute atomic E-state index is 0.136. The van der Waals surface area contributed by atoms with E-state index in [0.29, 0.717) is 0 Å². The van der Waals surface area contributed by atoms with Gasteiger partial charge in [0.15, 0.2) is 0 Å². The molecule has 0 spiro atoms. The van der Waals surface area contributed by atoms with E-state index in [1.165, 1.54) is 99.4 Å². The summed E-state index contributed by atoms with van der Waals surface area (Å²) in [5.41, 5.74) is 21.2. The Balaban J connectivity index is 1.09. The molecule has 0 aromatic heterocycles. The summed E-state index contributed by atoms with van der Waals surface area (Å²) < 4.78 is 0. The van der Waals surface area contributed by atoms with E-state index >= 15 is 0 Å². The Morgan fingerprint density at radius 1 is 0.290 bits per heavy atom. The van der Waals surface area contributed by atoms with E-state index in [1.54, 1.807) is 0 Å². The summed E-state index contributed by atoms with van der Waals surface area (Å²) in [6.45, 7) is 4.77. The number of nitrogens with zero attached hydrogens (tertiary/aromatic N) is 1. The highest BCUT2D eigenvalue weighted by atomic mass is 15.1. The third kappa shape index (κ3) is 3.96. The van der Waals surface area contributed by atoms with E-state index in [0.717, 1.165) is 17.1 Å². The summed E-state index contributed by atoms with van der Waals surface area (Å²) in [7, 11) is 0. The van der Waals surface area contributed by atoms with Gasteiger partial charge in [0, 0.05) is 22.5 Å². The Morgan fingerprint density at radius 2 is 0.742 bits per heavy atom. The van der Waals surface area contributed by atoms with Gasteiger partial charge in [-0.05, 0) is 136 Å². The van der Waals surface area contributed by atoms with E-state index in [9.17, 15) is 0 Å². The van der Waals surface area contributed by atoms with Crippen molar-refractivity contribution in [1.29, 1.82) is 0 Å². The molecule has 1 nitrogen and oxygen atoms in total. The van der Waals surface area contributed by atoms with Crippen molar-refractivity contribution >= 4 is 38.6 Å². The molecule has 0 aliphatic heterocycles. The number of benzene rings is 10. The maximum atomic E-state index is 2.58. The van der Waals surface area contributed by atoms with Gasteiger partial charge in [-0.1, -0.05) is 190 Å². The quantitative estimate of drug-likeness (QED) is 0.172. The highest BCUT2D eigenvalue weighted by Crippen LogP contribution is 2.75. The number of anilines is 3. The van der Waals surface area contributed by atoms with Gasteiger partial charge in [0.2, 0.25) is 0 Å².